The van der Waals surface area contributed by atoms with Crippen LogP contribution in [0.5, 0.6) is 0 Å². The Morgan fingerprint density at radius 3 is 2.54 bits per heavy atom. The third kappa shape index (κ3) is 4.48. The fraction of sp³-hybridized carbons (Fsp3) is 0.259. The van der Waals surface area contributed by atoms with Gasteiger partial charge in [0, 0.05) is 29.9 Å². The van der Waals surface area contributed by atoms with E-state index in [-0.39, 0.29) is 26.8 Å². The molecule has 1 atom stereocenters. The summed E-state index contributed by atoms with van der Waals surface area (Å²) in [5, 5.41) is 3.90. The molecule has 4 aromatic rings. The summed E-state index contributed by atoms with van der Waals surface area (Å²) in [6.45, 7) is 6.84. The molecule has 10 heteroatoms. The molecule has 3 aromatic heterocycles. The Labute approximate surface area is 215 Å². The number of pyridine rings is 3. The first-order valence-electron chi connectivity index (χ1n) is 12.0. The smallest absolute Gasteiger partial charge is 0.253 e. The third-order valence-corrected chi connectivity index (χ3v) is 8.35. The van der Waals surface area contributed by atoms with E-state index in [1.165, 1.54) is 18.3 Å². The molecule has 9 nitrogen and oxygen atoms in total. The van der Waals surface area contributed by atoms with Crippen LogP contribution in [0.4, 0.5) is 17.3 Å². The molecule has 0 aliphatic carbocycles. The van der Waals surface area contributed by atoms with Gasteiger partial charge in [0.2, 0.25) is 9.84 Å². The Bertz CT molecular complexity index is 1610. The minimum atomic E-state index is -4.21. The number of hydrogen-bond donors (Lipinski definition) is 2. The molecule has 0 saturated carbocycles. The Kier molecular flexibility index (Phi) is 6.07. The largest absolute Gasteiger partial charge is 0.365 e. The zero-order chi connectivity index (χ0) is 26.4. The zero-order valence-corrected chi connectivity index (χ0v) is 21.7. The monoisotopic (exact) mass is 516 g/mol. The number of rotatable bonds is 6. The molecule has 1 amide bonds. The summed E-state index contributed by atoms with van der Waals surface area (Å²) in [6, 6.07) is 15.4. The van der Waals surface area contributed by atoms with E-state index in [2.05, 4.69) is 27.2 Å². The normalized spacial score (nSPS) is 17.2. The number of nitrogens with two attached hydrogens (primary N) is 1. The Morgan fingerprint density at radius 1 is 1.05 bits per heavy atom. The summed E-state index contributed by atoms with van der Waals surface area (Å²) >= 11 is 0. The van der Waals surface area contributed by atoms with Crippen LogP contribution in [0.25, 0.3) is 10.9 Å². The highest BCUT2D eigenvalue weighted by Crippen LogP contribution is 2.39. The Hall–Kier alpha value is -4.05. The standard InChI is InChI=1S/C27H28N6O3S/c1-17-15-27(2,3)33(16-17)26-23(25(28)34)20(12-14-30-26)37(35,36)22-11-5-10-21(32-22)31-19-9-4-7-18-8-6-13-29-24(18)19/h4-14,17H,15-16H2,1-3H3,(H2,28,34)(H,31,32). The number of aromatic nitrogens is 3. The van der Waals surface area contributed by atoms with Gasteiger partial charge in [0.05, 0.1) is 16.1 Å². The van der Waals surface area contributed by atoms with E-state index in [1.807, 2.05) is 49.1 Å². The lowest BCUT2D eigenvalue weighted by Crippen LogP contribution is -2.40. The van der Waals surface area contributed by atoms with E-state index < -0.39 is 15.7 Å². The molecule has 37 heavy (non-hydrogen) atoms. The van der Waals surface area contributed by atoms with Crippen LogP contribution in [-0.4, -0.2) is 41.4 Å². The van der Waals surface area contributed by atoms with Gasteiger partial charge >= 0.3 is 0 Å². The van der Waals surface area contributed by atoms with E-state index in [4.69, 9.17) is 5.73 Å². The number of nitrogens with one attached hydrogen (secondary N) is 1. The second-order valence-corrected chi connectivity index (χ2v) is 11.8. The van der Waals surface area contributed by atoms with Crippen LogP contribution >= 0.6 is 0 Å². The van der Waals surface area contributed by atoms with Gasteiger partial charge in [-0.05, 0) is 56.5 Å². The predicted molar refractivity (Wildman–Crippen MR) is 143 cm³/mol. The highest BCUT2D eigenvalue weighted by Gasteiger charge is 2.40. The van der Waals surface area contributed by atoms with Crippen LogP contribution in [0.15, 0.2) is 76.9 Å². The molecule has 1 saturated heterocycles. The van der Waals surface area contributed by atoms with Gasteiger partial charge in [0.1, 0.15) is 17.2 Å². The molecule has 190 valence electrons. The molecule has 1 fully saturated rings. The average molecular weight is 517 g/mol. The number of primary amides is 1. The molecule has 0 spiro atoms. The first kappa shape index (κ1) is 24.6. The van der Waals surface area contributed by atoms with Gasteiger partial charge in [-0.25, -0.2) is 18.4 Å². The molecule has 4 heterocycles. The summed E-state index contributed by atoms with van der Waals surface area (Å²) in [7, 11) is -4.21. The SMILES string of the molecule is CC1CN(c2nccc(S(=O)(=O)c3cccc(Nc4cccc5cccnc45)n3)c2C(N)=O)C(C)(C)C1. The summed E-state index contributed by atoms with van der Waals surface area (Å²) in [5.41, 5.74) is 6.75. The van der Waals surface area contributed by atoms with Gasteiger partial charge in [-0.1, -0.05) is 31.2 Å². The molecule has 1 unspecified atom stereocenters. The average Bonchev–Trinajstić information content (AvgIpc) is 3.15. The minimum absolute atomic E-state index is 0.122. The first-order valence-corrected chi connectivity index (χ1v) is 13.5. The van der Waals surface area contributed by atoms with Gasteiger partial charge in [0.25, 0.3) is 5.91 Å². The summed E-state index contributed by atoms with van der Waals surface area (Å²) in [4.78, 5) is 27.6. The zero-order valence-electron chi connectivity index (χ0n) is 20.8. The molecular formula is C27H28N6O3S. The number of carbonyl (C=O) groups is 1. The molecule has 0 bridgehead atoms. The predicted octanol–water partition coefficient (Wildman–Crippen LogP) is 4.32. The number of nitrogens with zero attached hydrogens (tertiary/aromatic N) is 4. The van der Waals surface area contributed by atoms with Crippen molar-refractivity contribution in [1.29, 1.82) is 0 Å². The van der Waals surface area contributed by atoms with E-state index in [0.717, 1.165) is 17.3 Å². The summed E-state index contributed by atoms with van der Waals surface area (Å²) < 4.78 is 27.6. The van der Waals surface area contributed by atoms with Crippen LogP contribution in [-0.2, 0) is 9.84 Å². The first-order chi connectivity index (χ1) is 17.6. The van der Waals surface area contributed by atoms with Crippen molar-refractivity contribution < 1.29 is 13.2 Å². The second kappa shape index (κ2) is 9.11. The molecule has 1 aliphatic rings. The Balaban J connectivity index is 1.57. The van der Waals surface area contributed by atoms with E-state index in [0.29, 0.717) is 24.0 Å². The van der Waals surface area contributed by atoms with Crippen molar-refractivity contribution >= 4 is 44.0 Å². The van der Waals surface area contributed by atoms with Gasteiger partial charge in [-0.3, -0.25) is 9.78 Å². The number of anilines is 3. The number of benzene rings is 1. The molecule has 5 rings (SSSR count). The van der Waals surface area contributed by atoms with Gasteiger partial charge in [0.15, 0.2) is 5.03 Å². The van der Waals surface area contributed by atoms with Crippen molar-refractivity contribution in [2.75, 3.05) is 16.8 Å². The highest BCUT2D eigenvalue weighted by atomic mass is 32.2. The fourth-order valence-corrected chi connectivity index (χ4v) is 6.55. The van der Waals surface area contributed by atoms with E-state index >= 15 is 0 Å². The lowest BCUT2D eigenvalue weighted by molar-refractivity contribution is 0.0997. The van der Waals surface area contributed by atoms with Gasteiger partial charge < -0.3 is 16.0 Å². The van der Waals surface area contributed by atoms with Crippen molar-refractivity contribution in [2.45, 2.75) is 42.7 Å². The van der Waals surface area contributed by atoms with E-state index in [9.17, 15) is 13.2 Å². The third-order valence-electron chi connectivity index (χ3n) is 6.65. The number of hydrogen-bond acceptors (Lipinski definition) is 8. The topological polar surface area (TPSA) is 131 Å². The summed E-state index contributed by atoms with van der Waals surface area (Å²) in [5.74, 6) is 0.0987. The Morgan fingerprint density at radius 2 is 1.81 bits per heavy atom. The maximum absolute atomic E-state index is 13.8. The quantitative estimate of drug-likeness (QED) is 0.387. The lowest BCUT2D eigenvalue weighted by atomic mass is 9.97. The fourth-order valence-electron chi connectivity index (χ4n) is 5.14. The lowest BCUT2D eigenvalue weighted by Gasteiger charge is -2.33. The van der Waals surface area contributed by atoms with Crippen LogP contribution in [0.3, 0.4) is 0 Å². The van der Waals surface area contributed by atoms with E-state index in [1.54, 1.807) is 18.3 Å². The van der Waals surface area contributed by atoms with Crippen LogP contribution in [0.2, 0.25) is 0 Å². The van der Waals surface area contributed by atoms with Crippen LogP contribution in [0, 0.1) is 5.92 Å². The van der Waals surface area contributed by atoms with Crippen LogP contribution < -0.4 is 16.0 Å². The van der Waals surface area contributed by atoms with Crippen molar-refractivity contribution in [3.63, 3.8) is 0 Å². The molecule has 1 aliphatic heterocycles. The molecular weight excluding hydrogens is 488 g/mol. The highest BCUT2D eigenvalue weighted by molar-refractivity contribution is 7.91. The summed E-state index contributed by atoms with van der Waals surface area (Å²) in [6.07, 6.45) is 3.97. The van der Waals surface area contributed by atoms with Crippen molar-refractivity contribution in [2.24, 2.45) is 11.7 Å². The van der Waals surface area contributed by atoms with Crippen molar-refractivity contribution in [1.82, 2.24) is 15.0 Å². The van der Waals surface area contributed by atoms with Crippen molar-refractivity contribution in [3.05, 3.63) is 72.6 Å². The second-order valence-electron chi connectivity index (χ2n) is 9.97. The number of para-hydroxylation sites is 1. The molecule has 0 radical (unpaired) electrons. The van der Waals surface area contributed by atoms with Gasteiger partial charge in [-0.2, -0.15) is 0 Å². The van der Waals surface area contributed by atoms with Gasteiger partial charge in [-0.15, -0.1) is 0 Å². The minimum Gasteiger partial charge on any atom is -0.365 e. The molecule has 3 N–H and O–H groups in total. The molecule has 1 aromatic carbocycles. The van der Waals surface area contributed by atoms with Crippen LogP contribution in [0.1, 0.15) is 37.6 Å². The number of sulfone groups is 1. The number of fused-ring (bicyclic) bond motifs is 1. The maximum Gasteiger partial charge on any atom is 0.253 e. The number of amides is 1. The maximum atomic E-state index is 13.8. The van der Waals surface area contributed by atoms with Crippen molar-refractivity contribution in [3.8, 4) is 0 Å². The number of carbonyl (C=O) groups excluding carboxylic acids is 1.